The second-order valence-electron chi connectivity index (χ2n) is 5.84. The normalized spacial score (nSPS) is 10.9. The molecule has 3 aromatic rings. The van der Waals surface area contributed by atoms with E-state index in [2.05, 4.69) is 25.8 Å². The van der Waals surface area contributed by atoms with Crippen LogP contribution in [-0.4, -0.2) is 29.8 Å². The average Bonchev–Trinajstić information content (AvgIpc) is 3.18. The number of aromatic nitrogens is 2. The summed E-state index contributed by atoms with van der Waals surface area (Å²) in [4.78, 5) is 8.60. The molecule has 1 heterocycles. The number of hydrogen-bond donors (Lipinski definition) is 2. The third kappa shape index (κ3) is 6.60. The summed E-state index contributed by atoms with van der Waals surface area (Å²) in [6.07, 6.45) is 0. The Balaban J connectivity index is 0.00000300. The summed E-state index contributed by atoms with van der Waals surface area (Å²) >= 11 is 6.01. The van der Waals surface area contributed by atoms with Crippen LogP contribution < -0.4 is 15.4 Å². The van der Waals surface area contributed by atoms with Crippen molar-refractivity contribution in [2.75, 3.05) is 13.7 Å². The molecule has 0 amide bonds. The van der Waals surface area contributed by atoms with Crippen molar-refractivity contribution in [2.45, 2.75) is 20.0 Å². The number of nitrogens with one attached hydrogen (secondary N) is 2. The molecule has 0 atom stereocenters. The minimum Gasteiger partial charge on any atom is -0.494 e. The molecule has 0 aliphatic carbocycles. The summed E-state index contributed by atoms with van der Waals surface area (Å²) in [7, 11) is 1.70. The van der Waals surface area contributed by atoms with Crippen LogP contribution in [0.25, 0.3) is 11.4 Å². The van der Waals surface area contributed by atoms with Gasteiger partial charge in [-0.1, -0.05) is 47.1 Å². The molecule has 9 heteroatoms. The molecule has 0 bridgehead atoms. The van der Waals surface area contributed by atoms with E-state index in [1.165, 1.54) is 0 Å². The Bertz CT molecular complexity index is 948. The van der Waals surface area contributed by atoms with Crippen molar-refractivity contribution in [1.29, 1.82) is 0 Å². The monoisotopic (exact) mass is 527 g/mol. The van der Waals surface area contributed by atoms with Gasteiger partial charge in [0.25, 0.3) is 0 Å². The number of nitrogens with zero attached hydrogens (tertiary/aromatic N) is 3. The van der Waals surface area contributed by atoms with Crippen LogP contribution in [0, 0.1) is 0 Å². The molecule has 0 aliphatic heterocycles. The number of benzene rings is 2. The molecule has 7 nitrogen and oxygen atoms in total. The number of ether oxygens (including phenoxy) is 1. The lowest BCUT2D eigenvalue weighted by molar-refractivity contribution is 0.336. The van der Waals surface area contributed by atoms with E-state index in [0.717, 1.165) is 16.9 Å². The van der Waals surface area contributed by atoms with Crippen LogP contribution in [0.15, 0.2) is 58.0 Å². The Morgan fingerprint density at radius 3 is 2.69 bits per heavy atom. The van der Waals surface area contributed by atoms with Crippen LogP contribution >= 0.6 is 35.6 Å². The van der Waals surface area contributed by atoms with Crippen molar-refractivity contribution < 1.29 is 9.26 Å². The van der Waals surface area contributed by atoms with Gasteiger partial charge in [0.1, 0.15) is 5.75 Å². The van der Waals surface area contributed by atoms with E-state index in [4.69, 9.17) is 20.9 Å². The molecular weight excluding hydrogens is 505 g/mol. The van der Waals surface area contributed by atoms with Crippen LogP contribution in [0.5, 0.6) is 5.75 Å². The van der Waals surface area contributed by atoms with Gasteiger partial charge >= 0.3 is 0 Å². The SMILES string of the molecule is CCOc1ccccc1CNC(=NC)NCc1nc(-c2cccc(Cl)c2)no1.I. The highest BCUT2D eigenvalue weighted by Crippen LogP contribution is 2.20. The highest BCUT2D eigenvalue weighted by molar-refractivity contribution is 14.0. The zero-order valence-corrected chi connectivity index (χ0v) is 19.3. The fraction of sp³-hybridized carbons (Fsp3) is 0.250. The fourth-order valence-corrected chi connectivity index (χ4v) is 2.77. The van der Waals surface area contributed by atoms with E-state index >= 15 is 0 Å². The number of hydrogen-bond acceptors (Lipinski definition) is 5. The smallest absolute Gasteiger partial charge is 0.246 e. The predicted octanol–water partition coefficient (Wildman–Crippen LogP) is 4.27. The Hall–Kier alpha value is -2.33. The molecule has 0 fully saturated rings. The lowest BCUT2D eigenvalue weighted by Crippen LogP contribution is -2.36. The van der Waals surface area contributed by atoms with E-state index < -0.39 is 0 Å². The minimum absolute atomic E-state index is 0. The van der Waals surface area contributed by atoms with Crippen molar-refractivity contribution in [3.05, 3.63) is 65.0 Å². The number of aliphatic imine (C=N–C) groups is 1. The summed E-state index contributed by atoms with van der Waals surface area (Å²) in [5.74, 6) is 2.42. The summed E-state index contributed by atoms with van der Waals surface area (Å²) in [6.45, 7) is 3.51. The van der Waals surface area contributed by atoms with Gasteiger partial charge in [0.2, 0.25) is 11.7 Å². The second kappa shape index (κ2) is 11.6. The molecule has 0 spiro atoms. The van der Waals surface area contributed by atoms with E-state index in [1.807, 2.05) is 43.3 Å². The molecule has 3 rings (SSSR count). The first kappa shape index (κ1) is 23.0. The molecule has 29 heavy (non-hydrogen) atoms. The average molecular weight is 528 g/mol. The zero-order chi connectivity index (χ0) is 19.8. The number of guanidine groups is 1. The molecule has 2 N–H and O–H groups in total. The fourth-order valence-electron chi connectivity index (χ4n) is 2.58. The van der Waals surface area contributed by atoms with Crippen LogP contribution in [0.4, 0.5) is 0 Å². The van der Waals surface area contributed by atoms with Crippen molar-refractivity contribution in [3.63, 3.8) is 0 Å². The molecule has 0 saturated carbocycles. The van der Waals surface area contributed by atoms with E-state index in [0.29, 0.717) is 42.4 Å². The summed E-state index contributed by atoms with van der Waals surface area (Å²) in [5, 5.41) is 11.0. The van der Waals surface area contributed by atoms with E-state index in [-0.39, 0.29) is 24.0 Å². The van der Waals surface area contributed by atoms with Crippen molar-refractivity contribution >= 4 is 41.5 Å². The van der Waals surface area contributed by atoms with Crippen molar-refractivity contribution in [1.82, 2.24) is 20.8 Å². The third-order valence-corrected chi connectivity index (χ3v) is 4.14. The maximum Gasteiger partial charge on any atom is 0.246 e. The van der Waals surface area contributed by atoms with E-state index in [1.54, 1.807) is 19.2 Å². The van der Waals surface area contributed by atoms with Gasteiger partial charge in [-0.3, -0.25) is 4.99 Å². The summed E-state index contributed by atoms with van der Waals surface area (Å²) in [6, 6.07) is 15.2. The number of para-hydroxylation sites is 1. The predicted molar refractivity (Wildman–Crippen MR) is 125 cm³/mol. The molecule has 0 radical (unpaired) electrons. The van der Waals surface area contributed by atoms with Gasteiger partial charge in [0, 0.05) is 29.7 Å². The molecule has 1 aromatic heterocycles. The molecular formula is C20H23ClIN5O2. The lowest BCUT2D eigenvalue weighted by atomic mass is 10.2. The van der Waals surface area contributed by atoms with Crippen molar-refractivity contribution in [2.24, 2.45) is 4.99 Å². The van der Waals surface area contributed by atoms with Gasteiger partial charge in [-0.15, -0.1) is 24.0 Å². The standard InChI is InChI=1S/C20H22ClN5O2.HI/c1-3-27-17-10-5-4-7-15(17)12-23-20(22-2)24-13-18-25-19(26-28-18)14-8-6-9-16(21)11-14;/h4-11H,3,12-13H2,1-2H3,(H2,22,23,24);1H. The number of halogens is 2. The lowest BCUT2D eigenvalue weighted by Gasteiger charge is -2.13. The first-order valence-corrected chi connectivity index (χ1v) is 9.31. The maximum absolute atomic E-state index is 6.01. The number of rotatable bonds is 7. The molecule has 154 valence electrons. The van der Waals surface area contributed by atoms with Crippen LogP contribution in [-0.2, 0) is 13.1 Å². The molecule has 0 aliphatic rings. The molecule has 0 unspecified atom stereocenters. The van der Waals surface area contributed by atoms with Crippen LogP contribution in [0.1, 0.15) is 18.4 Å². The van der Waals surface area contributed by atoms with Crippen LogP contribution in [0.2, 0.25) is 5.02 Å². The Morgan fingerprint density at radius 1 is 1.14 bits per heavy atom. The summed E-state index contributed by atoms with van der Waals surface area (Å²) in [5.41, 5.74) is 1.85. The Kier molecular flexibility index (Phi) is 9.20. The highest BCUT2D eigenvalue weighted by atomic mass is 127. The van der Waals surface area contributed by atoms with Gasteiger partial charge in [0.15, 0.2) is 5.96 Å². The first-order valence-electron chi connectivity index (χ1n) is 8.93. The molecule has 0 saturated heterocycles. The van der Waals surface area contributed by atoms with Gasteiger partial charge in [-0.05, 0) is 25.1 Å². The minimum atomic E-state index is 0. The highest BCUT2D eigenvalue weighted by Gasteiger charge is 2.10. The van der Waals surface area contributed by atoms with Gasteiger partial charge in [-0.25, -0.2) is 0 Å². The van der Waals surface area contributed by atoms with E-state index in [9.17, 15) is 0 Å². The first-order chi connectivity index (χ1) is 13.7. The largest absolute Gasteiger partial charge is 0.494 e. The zero-order valence-electron chi connectivity index (χ0n) is 16.2. The second-order valence-corrected chi connectivity index (χ2v) is 6.28. The summed E-state index contributed by atoms with van der Waals surface area (Å²) < 4.78 is 10.9. The Morgan fingerprint density at radius 2 is 1.93 bits per heavy atom. The quantitative estimate of drug-likeness (QED) is 0.271. The molecule has 2 aromatic carbocycles. The van der Waals surface area contributed by atoms with Gasteiger partial charge in [0.05, 0.1) is 13.2 Å². The maximum atomic E-state index is 6.01. The topological polar surface area (TPSA) is 84.6 Å². The van der Waals surface area contributed by atoms with Gasteiger partial charge < -0.3 is 19.9 Å². The third-order valence-electron chi connectivity index (χ3n) is 3.90. The van der Waals surface area contributed by atoms with Gasteiger partial charge in [-0.2, -0.15) is 4.98 Å². The van der Waals surface area contributed by atoms with Crippen LogP contribution in [0.3, 0.4) is 0 Å². The van der Waals surface area contributed by atoms with Crippen molar-refractivity contribution in [3.8, 4) is 17.1 Å². The Labute approximate surface area is 191 Å².